The molecule has 7 rings (SSSR count). The van der Waals surface area contributed by atoms with E-state index in [9.17, 15) is 0 Å². The summed E-state index contributed by atoms with van der Waals surface area (Å²) in [5, 5.41) is 0. The molecule has 0 amide bonds. The maximum absolute atomic E-state index is 8.01. The molecule has 0 heterocycles. The summed E-state index contributed by atoms with van der Waals surface area (Å²) >= 11 is 0. The predicted molar refractivity (Wildman–Crippen MR) is 187 cm³/mol. The van der Waals surface area contributed by atoms with Crippen LogP contribution in [0.3, 0.4) is 0 Å². The first-order valence-electron chi connectivity index (χ1n) is 15.8. The summed E-state index contributed by atoms with van der Waals surface area (Å²) in [6.45, 7) is 0. The second-order valence-electron chi connectivity index (χ2n) is 10.5. The molecule has 0 N–H and O–H groups in total. The standard InChI is InChI=1S/C42H32N2/c1-5-13-33(14-6-1)34-21-27-41(28-22-34)44(39-19-11-4-12-20-39)42-31-25-36(26-32-42)35-23-29-40(30-24-35)43(37-15-7-2-8-16-37)38-17-9-3-10-18-38/h1-32H/i1T,4T. The molecule has 210 valence electrons. The highest BCUT2D eigenvalue weighted by molar-refractivity contribution is 5.81. The Labute approximate surface area is 262 Å². The van der Waals surface area contributed by atoms with E-state index in [4.69, 9.17) is 2.74 Å². The highest BCUT2D eigenvalue weighted by atomic mass is 15.1. The fourth-order valence-corrected chi connectivity index (χ4v) is 5.56. The molecule has 2 heteroatoms. The van der Waals surface area contributed by atoms with Gasteiger partial charge in [0.25, 0.3) is 0 Å². The molecule has 0 atom stereocenters. The molecule has 0 radical (unpaired) electrons. The van der Waals surface area contributed by atoms with Gasteiger partial charge in [0.1, 0.15) is 0 Å². The maximum atomic E-state index is 8.01. The quantitative estimate of drug-likeness (QED) is 0.180. The smallest absolute Gasteiger partial charge is 0.0623 e. The first-order valence-corrected chi connectivity index (χ1v) is 14.8. The highest BCUT2D eigenvalue weighted by Crippen LogP contribution is 2.38. The van der Waals surface area contributed by atoms with Crippen molar-refractivity contribution in [1.29, 1.82) is 0 Å². The predicted octanol–water partition coefficient (Wildman–Crippen LogP) is 12.0. The lowest BCUT2D eigenvalue weighted by molar-refractivity contribution is 1.28. The fraction of sp³-hybridized carbons (Fsp3) is 0. The van der Waals surface area contributed by atoms with Crippen LogP contribution in [-0.2, 0) is 0 Å². The van der Waals surface area contributed by atoms with Crippen LogP contribution in [0.25, 0.3) is 22.3 Å². The van der Waals surface area contributed by atoms with Crippen LogP contribution in [0, 0.1) is 0 Å². The van der Waals surface area contributed by atoms with Gasteiger partial charge in [-0.05, 0) is 95.1 Å². The van der Waals surface area contributed by atoms with Gasteiger partial charge in [0.15, 0.2) is 0 Å². The average Bonchev–Trinajstić information content (AvgIpc) is 3.12. The van der Waals surface area contributed by atoms with Crippen molar-refractivity contribution in [3.05, 3.63) is 194 Å². The Morgan fingerprint density at radius 2 is 0.500 bits per heavy atom. The zero-order valence-electron chi connectivity index (χ0n) is 26.2. The summed E-state index contributed by atoms with van der Waals surface area (Å²) < 4.78 is 15.8. The molecule has 44 heavy (non-hydrogen) atoms. The molecule has 0 bridgehead atoms. The molecule has 0 spiro atoms. The molecule has 7 aromatic carbocycles. The minimum Gasteiger partial charge on any atom is -0.311 e. The third kappa shape index (κ3) is 5.74. The Hall–Kier alpha value is -5.86. The number of anilines is 6. The normalized spacial score (nSPS) is 11.4. The van der Waals surface area contributed by atoms with Gasteiger partial charge in [0, 0.05) is 34.1 Å². The van der Waals surface area contributed by atoms with Crippen molar-refractivity contribution in [2.24, 2.45) is 0 Å². The number of para-hydroxylation sites is 3. The Balaban J connectivity index is 1.18. The van der Waals surface area contributed by atoms with E-state index in [0.717, 1.165) is 56.4 Å². The molecule has 0 unspecified atom stereocenters. The number of hydrogen-bond donors (Lipinski definition) is 0. The van der Waals surface area contributed by atoms with Crippen molar-refractivity contribution >= 4 is 34.1 Å². The fourth-order valence-electron chi connectivity index (χ4n) is 5.56. The highest BCUT2D eigenvalue weighted by Gasteiger charge is 2.14. The summed E-state index contributed by atoms with van der Waals surface area (Å²) in [6.07, 6.45) is 0. The summed E-state index contributed by atoms with van der Waals surface area (Å²) in [6, 6.07) is 62.9. The van der Waals surface area contributed by atoms with Crippen LogP contribution >= 0.6 is 0 Å². The molecule has 0 saturated carbocycles. The maximum Gasteiger partial charge on any atom is 0.0623 e. The SMILES string of the molecule is [3H]c1ccc(-c2ccc(N(c3ccc([3H])cc3)c3ccc(-c4ccc(N(c5ccccc5)c5ccccc5)cc4)cc3)cc2)cc1. The van der Waals surface area contributed by atoms with E-state index >= 15 is 0 Å². The van der Waals surface area contributed by atoms with Crippen molar-refractivity contribution in [2.75, 3.05) is 9.80 Å². The van der Waals surface area contributed by atoms with Crippen LogP contribution in [0.1, 0.15) is 2.74 Å². The Morgan fingerprint density at radius 3 is 0.841 bits per heavy atom. The minimum absolute atomic E-state index is 0.480. The molecule has 0 saturated heterocycles. The third-order valence-electron chi connectivity index (χ3n) is 7.75. The third-order valence-corrected chi connectivity index (χ3v) is 7.75. The van der Waals surface area contributed by atoms with Crippen molar-refractivity contribution in [2.45, 2.75) is 0 Å². The summed E-state index contributed by atoms with van der Waals surface area (Å²) in [7, 11) is 0. The molecular formula is C42H32N2. The van der Waals surface area contributed by atoms with E-state index < -0.39 is 0 Å². The van der Waals surface area contributed by atoms with Gasteiger partial charge in [-0.3, -0.25) is 0 Å². The molecule has 0 aliphatic heterocycles. The van der Waals surface area contributed by atoms with E-state index in [1.54, 1.807) is 0 Å². The van der Waals surface area contributed by atoms with Crippen molar-refractivity contribution in [3.63, 3.8) is 0 Å². The van der Waals surface area contributed by atoms with Gasteiger partial charge in [-0.15, -0.1) is 0 Å². The van der Waals surface area contributed by atoms with Gasteiger partial charge in [0.2, 0.25) is 0 Å². The summed E-state index contributed by atoms with van der Waals surface area (Å²) in [4.78, 5) is 4.48. The zero-order valence-corrected chi connectivity index (χ0v) is 24.2. The Kier molecular flexibility index (Phi) is 7.06. The number of benzene rings is 7. The molecule has 0 fully saturated rings. The molecule has 0 aromatic heterocycles. The minimum atomic E-state index is 0.480. The Bertz CT molecular complexity index is 1970. The van der Waals surface area contributed by atoms with Crippen LogP contribution in [0.5, 0.6) is 0 Å². The van der Waals surface area contributed by atoms with E-state index in [1.807, 2.05) is 60.7 Å². The molecule has 2 nitrogen and oxygen atoms in total. The summed E-state index contributed by atoms with van der Waals surface area (Å²) in [5.74, 6) is 0. The van der Waals surface area contributed by atoms with Crippen molar-refractivity contribution < 1.29 is 2.74 Å². The van der Waals surface area contributed by atoms with E-state index in [0.29, 0.717) is 12.1 Å². The van der Waals surface area contributed by atoms with Gasteiger partial charge in [-0.1, -0.05) is 121 Å². The summed E-state index contributed by atoms with van der Waals surface area (Å²) in [5.41, 5.74) is 10.8. The molecular weight excluding hydrogens is 532 g/mol. The lowest BCUT2D eigenvalue weighted by atomic mass is 10.0. The van der Waals surface area contributed by atoms with Crippen molar-refractivity contribution in [1.82, 2.24) is 0 Å². The van der Waals surface area contributed by atoms with E-state index in [-0.39, 0.29) is 0 Å². The lowest BCUT2D eigenvalue weighted by Gasteiger charge is -2.26. The first-order chi connectivity index (χ1) is 22.6. The first kappa shape index (κ1) is 24.7. The van der Waals surface area contributed by atoms with E-state index in [2.05, 4.69) is 131 Å². The van der Waals surface area contributed by atoms with Crippen LogP contribution in [0.2, 0.25) is 0 Å². The largest absolute Gasteiger partial charge is 0.311 e. The number of hydrogen-bond acceptors (Lipinski definition) is 2. The lowest BCUT2D eigenvalue weighted by Crippen LogP contribution is -2.09. The van der Waals surface area contributed by atoms with Crippen LogP contribution in [0.15, 0.2) is 194 Å². The van der Waals surface area contributed by atoms with Crippen LogP contribution in [0.4, 0.5) is 34.1 Å². The monoisotopic (exact) mass is 568 g/mol. The molecule has 7 aromatic rings. The van der Waals surface area contributed by atoms with Gasteiger partial charge in [-0.2, -0.15) is 0 Å². The molecule has 0 aliphatic carbocycles. The van der Waals surface area contributed by atoms with Crippen LogP contribution < -0.4 is 9.80 Å². The second kappa shape index (κ2) is 12.6. The topological polar surface area (TPSA) is 6.48 Å². The van der Waals surface area contributed by atoms with Crippen molar-refractivity contribution in [3.8, 4) is 22.3 Å². The zero-order chi connectivity index (χ0) is 31.3. The van der Waals surface area contributed by atoms with Gasteiger partial charge in [0.05, 0.1) is 2.74 Å². The van der Waals surface area contributed by atoms with Gasteiger partial charge in [-0.25, -0.2) is 0 Å². The molecule has 0 aliphatic rings. The average molecular weight is 569 g/mol. The van der Waals surface area contributed by atoms with E-state index in [1.165, 1.54) is 0 Å². The number of rotatable bonds is 8. The second-order valence-corrected chi connectivity index (χ2v) is 10.5. The number of nitrogens with zero attached hydrogens (tertiary/aromatic N) is 2. The Morgan fingerprint density at radius 1 is 0.250 bits per heavy atom. The van der Waals surface area contributed by atoms with Gasteiger partial charge >= 0.3 is 0 Å². The van der Waals surface area contributed by atoms with Crippen LogP contribution in [-0.4, -0.2) is 0 Å². The van der Waals surface area contributed by atoms with Gasteiger partial charge < -0.3 is 9.80 Å².